The maximum atomic E-state index is 13.9. The van der Waals surface area contributed by atoms with Crippen molar-refractivity contribution >= 4 is 35.0 Å². The molecule has 1 unspecified atom stereocenters. The van der Waals surface area contributed by atoms with E-state index in [1.807, 2.05) is 36.4 Å². The van der Waals surface area contributed by atoms with Crippen LogP contribution in [0.1, 0.15) is 47.2 Å². The summed E-state index contributed by atoms with van der Waals surface area (Å²) in [5.41, 5.74) is 0.303. The fourth-order valence-electron chi connectivity index (χ4n) is 6.16. The van der Waals surface area contributed by atoms with E-state index in [0.29, 0.717) is 61.0 Å². The number of halogens is 5. The second kappa shape index (κ2) is 12.0. The molecule has 0 radical (unpaired) electrons. The van der Waals surface area contributed by atoms with E-state index in [9.17, 15) is 22.8 Å². The van der Waals surface area contributed by atoms with Gasteiger partial charge in [-0.25, -0.2) is 13.2 Å². The molecular weight excluding hydrogens is 574 g/mol. The number of amides is 2. The molecule has 0 aromatic heterocycles. The molecule has 2 fully saturated rings. The smallest absolute Gasteiger partial charge is 0.254 e. The summed E-state index contributed by atoms with van der Waals surface area (Å²) in [4.78, 5) is 28.5. The Labute approximate surface area is 247 Å². The Morgan fingerprint density at radius 3 is 2.22 bits per heavy atom. The number of nitrogens with one attached hydrogen (secondary N) is 2. The van der Waals surface area contributed by atoms with Crippen molar-refractivity contribution in [2.24, 2.45) is 0 Å². The average molecular weight is 605 g/mol. The molecule has 2 heterocycles. The monoisotopic (exact) mass is 603 g/mol. The van der Waals surface area contributed by atoms with Gasteiger partial charge in [-0.1, -0.05) is 59.6 Å². The number of carbonyl (C=O) groups excluding carboxylic acids is 2. The number of likely N-dealkylation sites (tertiary alicyclic amines) is 1. The molecule has 5 rings (SSSR count). The van der Waals surface area contributed by atoms with Crippen LogP contribution >= 0.6 is 23.2 Å². The van der Waals surface area contributed by atoms with Crippen LogP contribution in [0, 0.1) is 17.5 Å². The molecular formula is C31H30Cl2F3N3O2. The predicted octanol–water partition coefficient (Wildman–Crippen LogP) is 6.02. The minimum absolute atomic E-state index is 0.0438. The number of piperidine rings is 1. The van der Waals surface area contributed by atoms with E-state index in [0.717, 1.165) is 24.2 Å². The van der Waals surface area contributed by atoms with Crippen LogP contribution < -0.4 is 10.6 Å². The summed E-state index contributed by atoms with van der Waals surface area (Å²) in [6.07, 6.45) is 2.35. The first-order chi connectivity index (χ1) is 19.6. The van der Waals surface area contributed by atoms with Crippen molar-refractivity contribution in [3.05, 3.63) is 105 Å². The molecule has 2 N–H and O–H groups in total. The van der Waals surface area contributed by atoms with Gasteiger partial charge < -0.3 is 15.5 Å². The van der Waals surface area contributed by atoms with Crippen molar-refractivity contribution in [3.63, 3.8) is 0 Å². The lowest BCUT2D eigenvalue weighted by molar-refractivity contribution is -0.127. The first-order valence-electron chi connectivity index (χ1n) is 13.6. The standard InChI is InChI=1S/C31H30Cl2F3N3O2/c32-23-7-6-22(18-24(23)33)30(11-15-39(19-30)28(40)20-16-25(34)27(36)26(35)17-20)8-14-38-29(41)31(9-12-37-13-10-31)21-4-2-1-3-5-21/h1-7,16-18,37H,8-15,19H2,(H,38,41). The van der Waals surface area contributed by atoms with Gasteiger partial charge in [0.25, 0.3) is 5.91 Å². The van der Waals surface area contributed by atoms with Gasteiger partial charge in [0.05, 0.1) is 15.5 Å². The molecule has 0 bridgehead atoms. The Balaban J connectivity index is 1.37. The second-order valence-corrected chi connectivity index (χ2v) is 11.7. The predicted molar refractivity (Wildman–Crippen MR) is 153 cm³/mol. The van der Waals surface area contributed by atoms with E-state index >= 15 is 0 Å². The fraction of sp³-hybridized carbons (Fsp3) is 0.355. The van der Waals surface area contributed by atoms with E-state index in [4.69, 9.17) is 23.2 Å². The lowest BCUT2D eigenvalue weighted by atomic mass is 9.72. The van der Waals surface area contributed by atoms with E-state index in [1.165, 1.54) is 4.90 Å². The van der Waals surface area contributed by atoms with Crippen LogP contribution in [0.3, 0.4) is 0 Å². The first-order valence-corrected chi connectivity index (χ1v) is 14.3. The highest BCUT2D eigenvalue weighted by atomic mass is 35.5. The van der Waals surface area contributed by atoms with E-state index in [-0.39, 0.29) is 18.0 Å². The molecule has 2 saturated heterocycles. The number of benzene rings is 3. The summed E-state index contributed by atoms with van der Waals surface area (Å²) >= 11 is 12.5. The Hall–Kier alpha value is -3.07. The van der Waals surface area contributed by atoms with Gasteiger partial charge in [0.1, 0.15) is 0 Å². The molecule has 1 atom stereocenters. The Bertz CT molecular complexity index is 1430. The van der Waals surface area contributed by atoms with Crippen LogP contribution in [0.25, 0.3) is 0 Å². The Kier molecular flexibility index (Phi) is 8.64. The van der Waals surface area contributed by atoms with Crippen LogP contribution in [-0.4, -0.2) is 49.4 Å². The van der Waals surface area contributed by atoms with Gasteiger partial charge in [-0.3, -0.25) is 9.59 Å². The number of rotatable bonds is 7. The fourth-order valence-corrected chi connectivity index (χ4v) is 6.46. The number of hydrogen-bond donors (Lipinski definition) is 2. The van der Waals surface area contributed by atoms with Crippen molar-refractivity contribution in [2.45, 2.75) is 36.5 Å². The van der Waals surface area contributed by atoms with Crippen molar-refractivity contribution in [1.29, 1.82) is 0 Å². The molecule has 2 amide bonds. The minimum atomic E-state index is -1.62. The summed E-state index contributed by atoms with van der Waals surface area (Å²) in [5.74, 6) is -5.11. The molecule has 0 aliphatic carbocycles. The molecule has 10 heteroatoms. The van der Waals surface area contributed by atoms with Gasteiger partial charge in [0, 0.05) is 30.6 Å². The van der Waals surface area contributed by atoms with Gasteiger partial charge in [-0.15, -0.1) is 0 Å². The van der Waals surface area contributed by atoms with E-state index in [1.54, 1.807) is 12.1 Å². The van der Waals surface area contributed by atoms with Crippen molar-refractivity contribution in [2.75, 3.05) is 32.7 Å². The number of nitrogens with zero attached hydrogens (tertiary/aromatic N) is 1. The SMILES string of the molecule is O=C(c1cc(F)c(F)c(F)c1)N1CCC(CCNC(=O)C2(c3ccccc3)CCNCC2)(c2ccc(Cl)c(Cl)c2)C1. The molecule has 5 nitrogen and oxygen atoms in total. The molecule has 3 aromatic carbocycles. The van der Waals surface area contributed by atoms with Gasteiger partial charge >= 0.3 is 0 Å². The minimum Gasteiger partial charge on any atom is -0.355 e. The van der Waals surface area contributed by atoms with Gasteiger partial charge in [-0.2, -0.15) is 0 Å². The third kappa shape index (κ3) is 5.83. The molecule has 216 valence electrons. The summed E-state index contributed by atoms with van der Waals surface area (Å²) in [6.45, 7) is 2.32. The largest absolute Gasteiger partial charge is 0.355 e. The molecule has 2 aliphatic rings. The summed E-state index contributed by atoms with van der Waals surface area (Å²) in [5, 5.41) is 7.24. The Morgan fingerprint density at radius 2 is 1.56 bits per heavy atom. The maximum absolute atomic E-state index is 13.9. The molecule has 0 saturated carbocycles. The molecule has 0 spiro atoms. The summed E-state index contributed by atoms with van der Waals surface area (Å²) in [6, 6.07) is 16.5. The van der Waals surface area contributed by atoms with E-state index < -0.39 is 34.2 Å². The van der Waals surface area contributed by atoms with Crippen LogP contribution in [0.4, 0.5) is 13.2 Å². The quantitative estimate of drug-likeness (QED) is 0.325. The molecule has 2 aliphatic heterocycles. The van der Waals surface area contributed by atoms with Gasteiger partial charge in [0.15, 0.2) is 17.5 Å². The zero-order valence-electron chi connectivity index (χ0n) is 22.3. The number of carbonyl (C=O) groups is 2. The zero-order valence-corrected chi connectivity index (χ0v) is 23.8. The second-order valence-electron chi connectivity index (χ2n) is 10.8. The van der Waals surface area contributed by atoms with Crippen LogP contribution in [-0.2, 0) is 15.6 Å². The summed E-state index contributed by atoms with van der Waals surface area (Å²) in [7, 11) is 0. The van der Waals surface area contributed by atoms with Crippen LogP contribution in [0.2, 0.25) is 10.0 Å². The highest BCUT2D eigenvalue weighted by Crippen LogP contribution is 2.41. The topological polar surface area (TPSA) is 61.4 Å². The maximum Gasteiger partial charge on any atom is 0.254 e. The highest BCUT2D eigenvalue weighted by Gasteiger charge is 2.44. The van der Waals surface area contributed by atoms with Crippen LogP contribution in [0.15, 0.2) is 60.7 Å². The molecule has 3 aromatic rings. The number of hydrogen-bond acceptors (Lipinski definition) is 3. The first kappa shape index (κ1) is 29.4. The average Bonchev–Trinajstić information content (AvgIpc) is 3.42. The third-order valence-electron chi connectivity index (χ3n) is 8.51. The van der Waals surface area contributed by atoms with E-state index in [2.05, 4.69) is 10.6 Å². The van der Waals surface area contributed by atoms with Crippen molar-refractivity contribution in [3.8, 4) is 0 Å². The lowest BCUT2D eigenvalue weighted by Crippen LogP contribution is -2.51. The Morgan fingerprint density at radius 1 is 0.878 bits per heavy atom. The van der Waals surface area contributed by atoms with Gasteiger partial charge in [-0.05, 0) is 74.2 Å². The lowest BCUT2D eigenvalue weighted by Gasteiger charge is -2.37. The van der Waals surface area contributed by atoms with Crippen LogP contribution in [0.5, 0.6) is 0 Å². The summed E-state index contributed by atoms with van der Waals surface area (Å²) < 4.78 is 41.3. The van der Waals surface area contributed by atoms with Crippen molar-refractivity contribution in [1.82, 2.24) is 15.5 Å². The normalized spacial score (nSPS) is 20.2. The van der Waals surface area contributed by atoms with Gasteiger partial charge in [0.2, 0.25) is 5.91 Å². The van der Waals surface area contributed by atoms with Crippen molar-refractivity contribution < 1.29 is 22.8 Å². The highest BCUT2D eigenvalue weighted by molar-refractivity contribution is 6.42. The zero-order chi connectivity index (χ0) is 29.2. The molecule has 41 heavy (non-hydrogen) atoms. The third-order valence-corrected chi connectivity index (χ3v) is 9.25.